The molecule has 3 N–H and O–H groups in total. The Bertz CT molecular complexity index is 432. The minimum absolute atomic E-state index is 0.217. The van der Waals surface area contributed by atoms with E-state index in [1.165, 1.54) is 0 Å². The fourth-order valence-corrected chi connectivity index (χ4v) is 1.38. The van der Waals surface area contributed by atoms with Gasteiger partial charge in [-0.3, -0.25) is 4.79 Å². The summed E-state index contributed by atoms with van der Waals surface area (Å²) in [5.74, 6) is 2.30. The monoisotopic (exact) mass is 216 g/mol. The summed E-state index contributed by atoms with van der Waals surface area (Å²) in [5, 5.41) is 2.75. The maximum absolute atomic E-state index is 11.9. The first-order valence-electron chi connectivity index (χ1n) is 5.22. The topological polar surface area (TPSA) is 55.1 Å². The number of aryl methyl sites for hydroxylation is 1. The number of nitrogens with two attached hydrogens (primary N) is 1. The second-order valence-electron chi connectivity index (χ2n) is 3.64. The molecule has 1 aromatic rings. The summed E-state index contributed by atoms with van der Waals surface area (Å²) in [5.41, 5.74) is 7.71. The van der Waals surface area contributed by atoms with Crippen molar-refractivity contribution < 1.29 is 4.79 Å². The van der Waals surface area contributed by atoms with E-state index in [1.54, 1.807) is 12.1 Å². The van der Waals surface area contributed by atoms with Crippen LogP contribution in [0.15, 0.2) is 18.2 Å². The molecule has 3 heteroatoms. The van der Waals surface area contributed by atoms with E-state index in [-0.39, 0.29) is 11.9 Å². The van der Waals surface area contributed by atoms with E-state index in [0.29, 0.717) is 17.7 Å². The molecule has 0 heterocycles. The number of nitrogens with one attached hydrogen (secondary N) is 1. The SMILES string of the molecule is C#CC(CC)NC(=O)c1cccc(C)c1N. The molecular weight excluding hydrogens is 200 g/mol. The highest BCUT2D eigenvalue weighted by Crippen LogP contribution is 2.16. The predicted octanol–water partition coefficient (Wildman–Crippen LogP) is 1.72. The third-order valence-electron chi connectivity index (χ3n) is 2.48. The van der Waals surface area contributed by atoms with Gasteiger partial charge in [0.15, 0.2) is 0 Å². The zero-order chi connectivity index (χ0) is 12.1. The molecule has 0 fully saturated rings. The Hall–Kier alpha value is -1.95. The minimum Gasteiger partial charge on any atom is -0.398 e. The van der Waals surface area contributed by atoms with Crippen LogP contribution in [0.4, 0.5) is 5.69 Å². The van der Waals surface area contributed by atoms with Gasteiger partial charge in [-0.2, -0.15) is 0 Å². The van der Waals surface area contributed by atoms with Crippen molar-refractivity contribution in [1.29, 1.82) is 0 Å². The molecule has 0 aliphatic rings. The Balaban J connectivity index is 2.90. The predicted molar refractivity (Wildman–Crippen MR) is 66.0 cm³/mol. The summed E-state index contributed by atoms with van der Waals surface area (Å²) in [4.78, 5) is 11.9. The van der Waals surface area contributed by atoms with Crippen LogP contribution < -0.4 is 11.1 Å². The molecule has 0 saturated carbocycles. The molecule has 0 aromatic heterocycles. The fourth-order valence-electron chi connectivity index (χ4n) is 1.38. The number of carbonyl (C=O) groups is 1. The molecule has 1 amide bonds. The first kappa shape index (κ1) is 12.1. The highest BCUT2D eigenvalue weighted by Gasteiger charge is 2.13. The molecule has 1 unspecified atom stereocenters. The average molecular weight is 216 g/mol. The van der Waals surface area contributed by atoms with Crippen molar-refractivity contribution in [3.05, 3.63) is 29.3 Å². The van der Waals surface area contributed by atoms with Gasteiger partial charge in [0.25, 0.3) is 5.91 Å². The number of carbonyl (C=O) groups excluding carboxylic acids is 1. The molecule has 84 valence electrons. The van der Waals surface area contributed by atoms with Gasteiger partial charge in [0.1, 0.15) is 0 Å². The largest absolute Gasteiger partial charge is 0.398 e. The van der Waals surface area contributed by atoms with Gasteiger partial charge < -0.3 is 11.1 Å². The number of anilines is 1. The summed E-state index contributed by atoms with van der Waals surface area (Å²) in [6.45, 7) is 3.79. The Kier molecular flexibility index (Phi) is 3.96. The fraction of sp³-hybridized carbons (Fsp3) is 0.308. The molecule has 1 rings (SSSR count). The first-order valence-corrected chi connectivity index (χ1v) is 5.22. The minimum atomic E-state index is -0.243. The Morgan fingerprint density at radius 3 is 2.88 bits per heavy atom. The van der Waals surface area contributed by atoms with Gasteiger partial charge in [-0.15, -0.1) is 6.42 Å². The van der Waals surface area contributed by atoms with E-state index in [0.717, 1.165) is 5.56 Å². The smallest absolute Gasteiger partial charge is 0.254 e. The molecule has 16 heavy (non-hydrogen) atoms. The Morgan fingerprint density at radius 2 is 2.31 bits per heavy atom. The van der Waals surface area contributed by atoms with Gasteiger partial charge in [0.05, 0.1) is 11.6 Å². The van der Waals surface area contributed by atoms with Crippen molar-refractivity contribution in [3.63, 3.8) is 0 Å². The maximum atomic E-state index is 11.9. The number of terminal acetylenes is 1. The van der Waals surface area contributed by atoms with E-state index in [4.69, 9.17) is 12.2 Å². The molecule has 1 aromatic carbocycles. The van der Waals surface area contributed by atoms with Crippen LogP contribution in [0, 0.1) is 19.3 Å². The molecule has 0 spiro atoms. The zero-order valence-electron chi connectivity index (χ0n) is 9.58. The van der Waals surface area contributed by atoms with Gasteiger partial charge in [0.2, 0.25) is 0 Å². The maximum Gasteiger partial charge on any atom is 0.254 e. The molecule has 0 aliphatic heterocycles. The van der Waals surface area contributed by atoms with Crippen molar-refractivity contribution in [3.8, 4) is 12.3 Å². The van der Waals surface area contributed by atoms with E-state index in [2.05, 4.69) is 11.2 Å². The van der Waals surface area contributed by atoms with Gasteiger partial charge >= 0.3 is 0 Å². The Morgan fingerprint density at radius 1 is 1.62 bits per heavy atom. The summed E-state index contributed by atoms with van der Waals surface area (Å²) in [7, 11) is 0. The lowest BCUT2D eigenvalue weighted by molar-refractivity contribution is 0.0946. The molecule has 1 atom stereocenters. The standard InChI is InChI=1S/C13H16N2O/c1-4-10(5-2)15-13(16)11-8-6-7-9(3)12(11)14/h1,6-8,10H,5,14H2,2-3H3,(H,15,16). The number of para-hydroxylation sites is 1. The van der Waals surface area contributed by atoms with E-state index >= 15 is 0 Å². The summed E-state index contributed by atoms with van der Waals surface area (Å²) in [6, 6.07) is 5.12. The van der Waals surface area contributed by atoms with Gasteiger partial charge in [-0.05, 0) is 25.0 Å². The third kappa shape index (κ3) is 2.54. The second-order valence-corrected chi connectivity index (χ2v) is 3.64. The van der Waals surface area contributed by atoms with Crippen molar-refractivity contribution >= 4 is 11.6 Å². The molecule has 0 bridgehead atoms. The summed E-state index contributed by atoms with van der Waals surface area (Å²) < 4.78 is 0. The van der Waals surface area contributed by atoms with Crippen molar-refractivity contribution in [1.82, 2.24) is 5.32 Å². The van der Waals surface area contributed by atoms with E-state index < -0.39 is 0 Å². The van der Waals surface area contributed by atoms with Crippen LogP contribution in [0.1, 0.15) is 29.3 Å². The van der Waals surface area contributed by atoms with Crippen LogP contribution in [-0.4, -0.2) is 11.9 Å². The number of nitrogen functional groups attached to an aromatic ring is 1. The lowest BCUT2D eigenvalue weighted by Gasteiger charge is -2.12. The van der Waals surface area contributed by atoms with Crippen LogP contribution in [0.2, 0.25) is 0 Å². The van der Waals surface area contributed by atoms with Crippen LogP contribution >= 0.6 is 0 Å². The molecular formula is C13H16N2O. The molecule has 3 nitrogen and oxygen atoms in total. The first-order chi connectivity index (χ1) is 7.60. The molecule has 0 radical (unpaired) electrons. The quantitative estimate of drug-likeness (QED) is 0.597. The van der Waals surface area contributed by atoms with Crippen molar-refractivity contribution in [2.45, 2.75) is 26.3 Å². The summed E-state index contributed by atoms with van der Waals surface area (Å²) >= 11 is 0. The lowest BCUT2D eigenvalue weighted by Crippen LogP contribution is -2.33. The normalized spacial score (nSPS) is 11.6. The highest BCUT2D eigenvalue weighted by atomic mass is 16.1. The van der Waals surface area contributed by atoms with E-state index in [1.807, 2.05) is 19.9 Å². The molecule has 0 saturated heterocycles. The van der Waals surface area contributed by atoms with Crippen LogP contribution in [-0.2, 0) is 0 Å². The highest BCUT2D eigenvalue weighted by molar-refractivity contribution is 6.00. The van der Waals surface area contributed by atoms with Gasteiger partial charge in [0, 0.05) is 5.69 Å². The van der Waals surface area contributed by atoms with Gasteiger partial charge in [-0.1, -0.05) is 25.0 Å². The number of amides is 1. The number of hydrogen-bond donors (Lipinski definition) is 2. The van der Waals surface area contributed by atoms with Gasteiger partial charge in [-0.25, -0.2) is 0 Å². The second kappa shape index (κ2) is 5.22. The Labute approximate surface area is 96.0 Å². The van der Waals surface area contributed by atoms with Crippen LogP contribution in [0.25, 0.3) is 0 Å². The van der Waals surface area contributed by atoms with Crippen molar-refractivity contribution in [2.24, 2.45) is 0 Å². The summed E-state index contributed by atoms with van der Waals surface area (Å²) in [6.07, 6.45) is 5.98. The van der Waals surface area contributed by atoms with Crippen molar-refractivity contribution in [2.75, 3.05) is 5.73 Å². The number of hydrogen-bond acceptors (Lipinski definition) is 2. The number of benzene rings is 1. The van der Waals surface area contributed by atoms with Crippen LogP contribution in [0.3, 0.4) is 0 Å². The van der Waals surface area contributed by atoms with Crippen LogP contribution in [0.5, 0.6) is 0 Å². The average Bonchev–Trinajstić information content (AvgIpc) is 2.29. The lowest BCUT2D eigenvalue weighted by atomic mass is 10.1. The van der Waals surface area contributed by atoms with E-state index in [9.17, 15) is 4.79 Å². The third-order valence-corrected chi connectivity index (χ3v) is 2.48. The zero-order valence-corrected chi connectivity index (χ0v) is 9.58. The molecule has 0 aliphatic carbocycles. The number of rotatable bonds is 3.